The third kappa shape index (κ3) is 73.0. The van der Waals surface area contributed by atoms with Gasteiger partial charge >= 0.3 is 11.9 Å². The number of hydrogen-bond donors (Lipinski definition) is 6. The highest BCUT2D eigenvalue weighted by atomic mass is 16.4. The molecule has 8 N–H and O–H groups in total. The first-order valence-electron chi connectivity index (χ1n) is 5.64. The summed E-state index contributed by atoms with van der Waals surface area (Å²) in [5, 5.41) is 31.6. The fraction of sp³-hybridized carbons (Fsp3) is 0.636. The summed E-state index contributed by atoms with van der Waals surface area (Å²) in [6.07, 6.45) is -0.907. The summed E-state index contributed by atoms with van der Waals surface area (Å²) in [5.41, 5.74) is 9.31. The van der Waals surface area contributed by atoms with Gasteiger partial charge in [0.25, 0.3) is 5.97 Å². The number of rotatable bonds is 3. The van der Waals surface area contributed by atoms with E-state index >= 15 is 0 Å². The average molecular weight is 312 g/mol. The van der Waals surface area contributed by atoms with Gasteiger partial charge in [-0.2, -0.15) is 0 Å². The summed E-state index contributed by atoms with van der Waals surface area (Å²) in [4.78, 5) is 37.5. The number of hydrogen-bond acceptors (Lipinski definition) is 6. The summed E-state index contributed by atoms with van der Waals surface area (Å²) < 4.78 is 0. The number of amides is 1. The molecule has 0 rings (SSSR count). The molecule has 10 heteroatoms. The van der Waals surface area contributed by atoms with E-state index in [2.05, 4.69) is 5.73 Å². The molecule has 0 aromatic carbocycles. The summed E-state index contributed by atoms with van der Waals surface area (Å²) in [7, 11) is 0. The van der Waals surface area contributed by atoms with Crippen molar-refractivity contribution in [3.05, 3.63) is 0 Å². The Balaban J connectivity index is -0.0000000948. The van der Waals surface area contributed by atoms with E-state index in [-0.39, 0.29) is 12.3 Å². The molecule has 21 heavy (non-hydrogen) atoms. The molecule has 2 unspecified atom stereocenters. The maximum Gasteiger partial charge on any atom is 0.332 e. The lowest BCUT2D eigenvalue weighted by Gasteiger charge is -1.95. The summed E-state index contributed by atoms with van der Waals surface area (Å²) >= 11 is 0. The summed E-state index contributed by atoms with van der Waals surface area (Å²) in [5.74, 6) is -3.28. The van der Waals surface area contributed by atoms with Crippen LogP contribution in [0.25, 0.3) is 0 Å². The number of aliphatic hydroxyl groups is 1. The number of carbonyl (C=O) groups is 4. The van der Waals surface area contributed by atoms with Gasteiger partial charge in [-0.1, -0.05) is 6.92 Å². The molecule has 0 saturated heterocycles. The predicted molar refractivity (Wildman–Crippen MR) is 73.4 cm³/mol. The van der Waals surface area contributed by atoms with Crippen LogP contribution in [-0.4, -0.2) is 56.4 Å². The number of carboxylic acids is 3. The van der Waals surface area contributed by atoms with E-state index in [0.717, 1.165) is 6.92 Å². The maximum atomic E-state index is 9.68. The quantitative estimate of drug-likeness (QED) is 0.371. The highest BCUT2D eigenvalue weighted by Gasteiger charge is 2.07. The van der Waals surface area contributed by atoms with Gasteiger partial charge in [0.05, 0.1) is 0 Å². The van der Waals surface area contributed by atoms with Gasteiger partial charge in [-0.05, 0) is 13.3 Å². The zero-order chi connectivity index (χ0) is 18.2. The van der Waals surface area contributed by atoms with E-state index in [4.69, 9.17) is 31.0 Å². The third-order valence-corrected chi connectivity index (χ3v) is 1.06. The van der Waals surface area contributed by atoms with Crippen LogP contribution in [0.1, 0.15) is 34.1 Å². The Labute approximate surface area is 122 Å². The largest absolute Gasteiger partial charge is 0.481 e. The van der Waals surface area contributed by atoms with Gasteiger partial charge in [0.15, 0.2) is 6.10 Å². The topological polar surface area (TPSA) is 201 Å². The first kappa shape index (κ1) is 27.2. The average Bonchev–Trinajstić information content (AvgIpc) is 2.26. The SMILES string of the molecule is CC(=O)O.CC(N)=O.CC(N)C(=O)O.CCC(O)C(=O)O. The van der Waals surface area contributed by atoms with Gasteiger partial charge in [-0.25, -0.2) is 4.79 Å². The van der Waals surface area contributed by atoms with Crippen molar-refractivity contribution >= 4 is 23.8 Å². The normalized spacial score (nSPS) is 10.8. The molecule has 0 aliphatic heterocycles. The predicted octanol–water partition coefficient (Wildman–Crippen LogP) is -1.16. The molecule has 1 amide bonds. The highest BCUT2D eigenvalue weighted by molar-refractivity contribution is 5.72. The second-order valence-corrected chi connectivity index (χ2v) is 3.52. The molecule has 0 bridgehead atoms. The van der Waals surface area contributed by atoms with Crippen molar-refractivity contribution < 1.29 is 39.6 Å². The van der Waals surface area contributed by atoms with Crippen molar-refractivity contribution in [2.24, 2.45) is 11.5 Å². The molecular weight excluding hydrogens is 288 g/mol. The van der Waals surface area contributed by atoms with Crippen LogP contribution in [-0.2, 0) is 19.2 Å². The minimum Gasteiger partial charge on any atom is -0.481 e. The van der Waals surface area contributed by atoms with Crippen LogP contribution in [0.4, 0.5) is 0 Å². The lowest BCUT2D eigenvalue weighted by molar-refractivity contribution is -0.146. The monoisotopic (exact) mass is 312 g/mol. The standard InChI is InChI=1S/C4H8O3.C3H7NO2.C2H5NO.C2H4O2/c1-2-3(5)4(6)7;1-2(4)3(5)6;2*1-2(3)4/h3,5H,2H2,1H3,(H,6,7);2H,4H2,1H3,(H,5,6);1H3,(H2,3,4);1H3,(H,3,4). The molecule has 0 saturated carbocycles. The molecule has 0 spiro atoms. The van der Waals surface area contributed by atoms with Crippen molar-refractivity contribution in [1.82, 2.24) is 0 Å². The van der Waals surface area contributed by atoms with Crippen LogP contribution in [0, 0.1) is 0 Å². The van der Waals surface area contributed by atoms with Gasteiger partial charge in [-0.3, -0.25) is 14.4 Å². The minimum atomic E-state index is -1.18. The summed E-state index contributed by atoms with van der Waals surface area (Å²) in [6, 6.07) is -0.731. The van der Waals surface area contributed by atoms with Crippen molar-refractivity contribution in [3.63, 3.8) is 0 Å². The van der Waals surface area contributed by atoms with Gasteiger partial charge in [-0.15, -0.1) is 0 Å². The van der Waals surface area contributed by atoms with E-state index in [9.17, 15) is 14.4 Å². The van der Waals surface area contributed by atoms with Gasteiger partial charge in [0.1, 0.15) is 6.04 Å². The van der Waals surface area contributed by atoms with Crippen LogP contribution in [0.5, 0.6) is 0 Å². The van der Waals surface area contributed by atoms with Crippen molar-refractivity contribution in [2.45, 2.75) is 46.3 Å². The Kier molecular flexibility index (Phi) is 23.1. The Hall–Kier alpha value is -2.20. The number of carbonyl (C=O) groups excluding carboxylic acids is 1. The lowest BCUT2D eigenvalue weighted by atomic mass is 10.3. The number of aliphatic hydroxyl groups excluding tert-OH is 1. The Bertz CT molecular complexity index is 297. The molecule has 126 valence electrons. The van der Waals surface area contributed by atoms with Gasteiger partial charge in [0, 0.05) is 13.8 Å². The van der Waals surface area contributed by atoms with E-state index < -0.39 is 30.1 Å². The first-order valence-corrected chi connectivity index (χ1v) is 5.64. The van der Waals surface area contributed by atoms with Crippen LogP contribution in [0.15, 0.2) is 0 Å². The molecule has 2 atom stereocenters. The Morgan fingerprint density at radius 1 is 1.00 bits per heavy atom. The maximum absolute atomic E-state index is 9.68. The lowest BCUT2D eigenvalue weighted by Crippen LogP contribution is -2.25. The van der Waals surface area contributed by atoms with Crippen LogP contribution >= 0.6 is 0 Å². The van der Waals surface area contributed by atoms with E-state index in [1.54, 1.807) is 6.92 Å². The van der Waals surface area contributed by atoms with E-state index in [0.29, 0.717) is 0 Å². The molecule has 0 aromatic heterocycles. The van der Waals surface area contributed by atoms with E-state index in [1.807, 2.05) is 0 Å². The molecule has 0 radical (unpaired) electrons. The Morgan fingerprint density at radius 3 is 1.19 bits per heavy atom. The first-order chi connectivity index (χ1) is 9.29. The van der Waals surface area contributed by atoms with Gasteiger partial charge in [0.2, 0.25) is 5.91 Å². The fourth-order valence-electron chi connectivity index (χ4n) is 0.175. The van der Waals surface area contributed by atoms with Crippen LogP contribution in [0.3, 0.4) is 0 Å². The Morgan fingerprint density at radius 2 is 1.19 bits per heavy atom. The number of nitrogens with two attached hydrogens (primary N) is 2. The molecule has 0 fully saturated rings. The second-order valence-electron chi connectivity index (χ2n) is 3.52. The van der Waals surface area contributed by atoms with Crippen molar-refractivity contribution in [3.8, 4) is 0 Å². The molecule has 0 aliphatic rings. The van der Waals surface area contributed by atoms with Gasteiger partial charge < -0.3 is 31.9 Å². The van der Waals surface area contributed by atoms with Crippen LogP contribution < -0.4 is 11.5 Å². The fourth-order valence-corrected chi connectivity index (χ4v) is 0.175. The number of carboxylic acid groups (broad SMARTS) is 3. The molecule has 0 aliphatic carbocycles. The summed E-state index contributed by atoms with van der Waals surface area (Å²) in [6.45, 7) is 5.42. The second kappa shape index (κ2) is 17.8. The third-order valence-electron chi connectivity index (χ3n) is 1.06. The highest BCUT2D eigenvalue weighted by Crippen LogP contribution is 1.86. The number of primary amides is 1. The molecule has 0 aromatic rings. The molecule has 10 nitrogen and oxygen atoms in total. The molecular formula is C11H24N2O8. The minimum absolute atomic E-state index is 0.273. The molecule has 0 heterocycles. The van der Waals surface area contributed by atoms with Crippen molar-refractivity contribution in [2.75, 3.05) is 0 Å². The van der Waals surface area contributed by atoms with Crippen LogP contribution in [0.2, 0.25) is 0 Å². The smallest absolute Gasteiger partial charge is 0.332 e. The van der Waals surface area contributed by atoms with Crippen molar-refractivity contribution in [1.29, 1.82) is 0 Å². The zero-order valence-corrected chi connectivity index (χ0v) is 12.4. The zero-order valence-electron chi connectivity index (χ0n) is 12.4. The number of aliphatic carboxylic acids is 3. The van der Waals surface area contributed by atoms with E-state index in [1.165, 1.54) is 13.8 Å².